The van der Waals surface area contributed by atoms with Gasteiger partial charge in [-0.1, -0.05) is 43.7 Å². The van der Waals surface area contributed by atoms with Gasteiger partial charge in [-0.25, -0.2) is 0 Å². The van der Waals surface area contributed by atoms with Gasteiger partial charge in [0.1, 0.15) is 0 Å². The average Bonchev–Trinajstić information content (AvgIpc) is 2.36. The fourth-order valence-corrected chi connectivity index (χ4v) is 2.43. The van der Waals surface area contributed by atoms with Gasteiger partial charge in [-0.2, -0.15) is 0 Å². The van der Waals surface area contributed by atoms with E-state index >= 15 is 0 Å². The van der Waals surface area contributed by atoms with Crippen LogP contribution in [0.1, 0.15) is 43.7 Å². The van der Waals surface area contributed by atoms with Crippen LogP contribution in [0.4, 0.5) is 0 Å². The quantitative estimate of drug-likeness (QED) is 0.893. The Labute approximate surface area is 115 Å². The van der Waals surface area contributed by atoms with Crippen molar-refractivity contribution in [3.8, 4) is 0 Å². The summed E-state index contributed by atoms with van der Waals surface area (Å²) in [5, 5.41) is 3.40. The molecule has 19 heavy (non-hydrogen) atoms. The maximum absolute atomic E-state index is 11.9. The highest BCUT2D eigenvalue weighted by Crippen LogP contribution is 2.30. The van der Waals surface area contributed by atoms with Crippen LogP contribution in [-0.4, -0.2) is 12.3 Å². The summed E-state index contributed by atoms with van der Waals surface area (Å²) >= 11 is 0. The third-order valence-corrected chi connectivity index (χ3v) is 3.54. The summed E-state index contributed by atoms with van der Waals surface area (Å²) in [5.74, 6) is 1.16. The molecule has 0 spiro atoms. The molecule has 0 heterocycles. The Morgan fingerprint density at radius 2 is 1.89 bits per heavy atom. The fraction of sp³-hybridized carbons (Fsp3) is 0.471. The van der Waals surface area contributed by atoms with Crippen molar-refractivity contribution in [2.75, 3.05) is 6.54 Å². The molecule has 0 fully saturated rings. The van der Waals surface area contributed by atoms with Gasteiger partial charge in [-0.3, -0.25) is 4.79 Å². The Morgan fingerprint density at radius 3 is 2.53 bits per heavy atom. The molecule has 1 aromatic rings. The molecular weight excluding hydrogens is 234 g/mol. The minimum absolute atomic E-state index is 0.239. The smallest absolute Gasteiger partial charge is 0.158 e. The van der Waals surface area contributed by atoms with Gasteiger partial charge < -0.3 is 5.32 Å². The Morgan fingerprint density at radius 1 is 1.21 bits per heavy atom. The molecule has 1 atom stereocenters. The number of rotatable bonds is 4. The third-order valence-electron chi connectivity index (χ3n) is 3.54. The van der Waals surface area contributed by atoms with Crippen molar-refractivity contribution in [3.63, 3.8) is 0 Å². The van der Waals surface area contributed by atoms with Crippen LogP contribution in [0.25, 0.3) is 0 Å². The lowest BCUT2D eigenvalue weighted by molar-refractivity contribution is -0.115. The average molecular weight is 257 g/mol. The van der Waals surface area contributed by atoms with Gasteiger partial charge in [0.25, 0.3) is 0 Å². The molecule has 2 heteroatoms. The molecule has 1 N–H and O–H groups in total. The predicted octanol–water partition coefficient (Wildman–Crippen LogP) is 3.57. The second-order valence-corrected chi connectivity index (χ2v) is 5.93. The standard InChI is InChI=1S/C17H23NO/c1-12(2)11-18-16-8-15(9-17(19)10-16)14-6-4-13(3)5-7-14/h4-7,10,12,15,18H,8-9,11H2,1-3H3/t15-/m0/s1. The van der Waals surface area contributed by atoms with Gasteiger partial charge in [0.05, 0.1) is 0 Å². The second-order valence-electron chi connectivity index (χ2n) is 5.93. The lowest BCUT2D eigenvalue weighted by Crippen LogP contribution is -2.25. The van der Waals surface area contributed by atoms with E-state index in [1.54, 1.807) is 6.08 Å². The van der Waals surface area contributed by atoms with E-state index in [9.17, 15) is 4.79 Å². The molecule has 1 aliphatic carbocycles. The number of ketones is 1. The first-order valence-corrected chi connectivity index (χ1v) is 7.08. The van der Waals surface area contributed by atoms with Crippen LogP contribution in [0, 0.1) is 12.8 Å². The number of aryl methyl sites for hydroxylation is 1. The van der Waals surface area contributed by atoms with Crippen molar-refractivity contribution < 1.29 is 4.79 Å². The Balaban J connectivity index is 2.06. The van der Waals surface area contributed by atoms with Crippen molar-refractivity contribution in [2.45, 2.75) is 39.5 Å². The molecule has 0 saturated heterocycles. The zero-order valence-electron chi connectivity index (χ0n) is 12.1. The second kappa shape index (κ2) is 6.05. The maximum Gasteiger partial charge on any atom is 0.158 e. The van der Waals surface area contributed by atoms with Crippen molar-refractivity contribution in [1.82, 2.24) is 5.32 Å². The summed E-state index contributed by atoms with van der Waals surface area (Å²) in [5.41, 5.74) is 3.63. The van der Waals surface area contributed by atoms with Crippen molar-refractivity contribution in [2.24, 2.45) is 5.92 Å². The Hall–Kier alpha value is -1.57. The van der Waals surface area contributed by atoms with E-state index in [1.807, 2.05) is 0 Å². The minimum Gasteiger partial charge on any atom is -0.388 e. The number of carbonyl (C=O) groups excluding carboxylic acids is 1. The van der Waals surface area contributed by atoms with Crippen LogP contribution in [0.5, 0.6) is 0 Å². The Bertz CT molecular complexity index is 471. The molecule has 2 rings (SSSR count). The number of hydrogen-bond donors (Lipinski definition) is 1. The van der Waals surface area contributed by atoms with Gasteiger partial charge in [-0.05, 0) is 30.7 Å². The molecule has 0 unspecified atom stereocenters. The SMILES string of the molecule is Cc1ccc([C@@H]2CC(=O)C=C(NCC(C)C)C2)cc1. The summed E-state index contributed by atoms with van der Waals surface area (Å²) in [7, 11) is 0. The van der Waals surface area contributed by atoms with Gasteiger partial charge in [0.15, 0.2) is 5.78 Å². The zero-order valence-corrected chi connectivity index (χ0v) is 12.1. The molecule has 102 valence electrons. The topological polar surface area (TPSA) is 29.1 Å². The van der Waals surface area contributed by atoms with Crippen molar-refractivity contribution >= 4 is 5.78 Å². The molecule has 0 amide bonds. The van der Waals surface area contributed by atoms with Crippen LogP contribution in [0.3, 0.4) is 0 Å². The van der Waals surface area contributed by atoms with E-state index in [0.717, 1.165) is 18.7 Å². The van der Waals surface area contributed by atoms with E-state index in [2.05, 4.69) is 50.4 Å². The van der Waals surface area contributed by atoms with Crippen LogP contribution >= 0.6 is 0 Å². The first kappa shape index (κ1) is 13.9. The number of allylic oxidation sites excluding steroid dienone is 2. The van der Waals surface area contributed by atoms with Gasteiger partial charge in [0.2, 0.25) is 0 Å². The molecule has 0 aromatic heterocycles. The fourth-order valence-electron chi connectivity index (χ4n) is 2.43. The first-order valence-electron chi connectivity index (χ1n) is 7.08. The number of carbonyl (C=O) groups is 1. The number of benzene rings is 1. The molecule has 1 aliphatic rings. The first-order chi connectivity index (χ1) is 9.04. The lowest BCUT2D eigenvalue weighted by atomic mass is 9.85. The minimum atomic E-state index is 0.239. The summed E-state index contributed by atoms with van der Waals surface area (Å²) < 4.78 is 0. The van der Waals surface area contributed by atoms with E-state index in [4.69, 9.17) is 0 Å². The highest BCUT2D eigenvalue weighted by molar-refractivity contribution is 5.91. The van der Waals surface area contributed by atoms with E-state index in [-0.39, 0.29) is 5.78 Å². The highest BCUT2D eigenvalue weighted by Gasteiger charge is 2.22. The zero-order chi connectivity index (χ0) is 13.8. The third kappa shape index (κ3) is 3.95. The summed E-state index contributed by atoms with van der Waals surface area (Å²) in [4.78, 5) is 11.9. The lowest BCUT2D eigenvalue weighted by Gasteiger charge is -2.24. The van der Waals surface area contributed by atoms with Crippen molar-refractivity contribution in [3.05, 3.63) is 47.2 Å². The van der Waals surface area contributed by atoms with Crippen LogP contribution in [-0.2, 0) is 4.79 Å². The normalized spacial score (nSPS) is 19.5. The Kier molecular flexibility index (Phi) is 4.41. The highest BCUT2D eigenvalue weighted by atomic mass is 16.1. The van der Waals surface area contributed by atoms with E-state index in [0.29, 0.717) is 18.3 Å². The van der Waals surface area contributed by atoms with Gasteiger partial charge in [-0.15, -0.1) is 0 Å². The molecule has 0 radical (unpaired) electrons. The van der Waals surface area contributed by atoms with Gasteiger partial charge in [0, 0.05) is 24.7 Å². The van der Waals surface area contributed by atoms with E-state index in [1.165, 1.54) is 11.1 Å². The molecule has 0 aliphatic heterocycles. The predicted molar refractivity (Wildman–Crippen MR) is 79.1 cm³/mol. The molecule has 1 aromatic carbocycles. The number of hydrogen-bond acceptors (Lipinski definition) is 2. The molecule has 0 bridgehead atoms. The van der Waals surface area contributed by atoms with Crippen LogP contribution in [0.15, 0.2) is 36.0 Å². The van der Waals surface area contributed by atoms with Crippen LogP contribution < -0.4 is 5.32 Å². The summed E-state index contributed by atoms with van der Waals surface area (Å²) in [6.07, 6.45) is 3.37. The monoisotopic (exact) mass is 257 g/mol. The van der Waals surface area contributed by atoms with E-state index < -0.39 is 0 Å². The van der Waals surface area contributed by atoms with Gasteiger partial charge >= 0.3 is 0 Å². The van der Waals surface area contributed by atoms with Crippen molar-refractivity contribution in [1.29, 1.82) is 0 Å². The maximum atomic E-state index is 11.9. The largest absolute Gasteiger partial charge is 0.388 e. The summed E-state index contributed by atoms with van der Waals surface area (Å²) in [6, 6.07) is 8.55. The van der Waals surface area contributed by atoms with Crippen LogP contribution in [0.2, 0.25) is 0 Å². The molecular formula is C17H23NO. The molecule has 0 saturated carbocycles. The molecule has 2 nitrogen and oxygen atoms in total. The summed E-state index contributed by atoms with van der Waals surface area (Å²) in [6.45, 7) is 7.37. The number of nitrogens with one attached hydrogen (secondary N) is 1.